The predicted molar refractivity (Wildman–Crippen MR) is 77.2 cm³/mol. The van der Waals surface area contributed by atoms with Crippen LogP contribution in [-0.4, -0.2) is 37.1 Å². The summed E-state index contributed by atoms with van der Waals surface area (Å²) in [5, 5.41) is 3.33. The van der Waals surface area contributed by atoms with Crippen molar-refractivity contribution in [3.63, 3.8) is 0 Å². The standard InChI is InChI=1S/C16H22N2O2/c1-12-4-2-6-14(8-12)16-17-9-15(19)18(16)10-13-5-3-7-20-11-13/h2,4,6,8,13,16-17H,3,5,7,9-11H2,1H3. The Hall–Kier alpha value is -1.39. The molecule has 3 rings (SSSR count). The molecule has 108 valence electrons. The number of ether oxygens (including phenoxy) is 1. The predicted octanol–water partition coefficient (Wildman–Crippen LogP) is 1.85. The van der Waals surface area contributed by atoms with Gasteiger partial charge in [-0.2, -0.15) is 0 Å². The lowest BCUT2D eigenvalue weighted by atomic mass is 10.0. The summed E-state index contributed by atoms with van der Waals surface area (Å²) in [6.45, 7) is 4.96. The van der Waals surface area contributed by atoms with E-state index in [1.165, 1.54) is 11.1 Å². The summed E-state index contributed by atoms with van der Waals surface area (Å²) >= 11 is 0. The fourth-order valence-corrected chi connectivity index (χ4v) is 3.11. The summed E-state index contributed by atoms with van der Waals surface area (Å²) in [6.07, 6.45) is 2.28. The number of rotatable bonds is 3. The van der Waals surface area contributed by atoms with Gasteiger partial charge in [0.05, 0.1) is 13.2 Å². The minimum Gasteiger partial charge on any atom is -0.381 e. The number of nitrogens with zero attached hydrogens (tertiary/aromatic N) is 1. The third-order valence-electron chi connectivity index (χ3n) is 4.15. The van der Waals surface area contributed by atoms with Crippen LogP contribution in [0.3, 0.4) is 0 Å². The molecule has 2 unspecified atom stereocenters. The maximum Gasteiger partial charge on any atom is 0.238 e. The van der Waals surface area contributed by atoms with Crippen molar-refractivity contribution in [2.24, 2.45) is 5.92 Å². The van der Waals surface area contributed by atoms with Crippen LogP contribution in [0, 0.1) is 12.8 Å². The van der Waals surface area contributed by atoms with Crippen molar-refractivity contribution in [2.75, 3.05) is 26.3 Å². The molecule has 0 aromatic heterocycles. The molecule has 20 heavy (non-hydrogen) atoms. The minimum absolute atomic E-state index is 0.0179. The van der Waals surface area contributed by atoms with Crippen molar-refractivity contribution in [3.05, 3.63) is 35.4 Å². The van der Waals surface area contributed by atoms with Gasteiger partial charge >= 0.3 is 0 Å². The highest BCUT2D eigenvalue weighted by atomic mass is 16.5. The molecule has 0 radical (unpaired) electrons. The Kier molecular flexibility index (Phi) is 4.03. The van der Waals surface area contributed by atoms with Crippen molar-refractivity contribution in [2.45, 2.75) is 25.9 Å². The first kappa shape index (κ1) is 13.6. The average Bonchev–Trinajstić information content (AvgIpc) is 2.82. The van der Waals surface area contributed by atoms with Gasteiger partial charge in [0.25, 0.3) is 0 Å². The van der Waals surface area contributed by atoms with Crippen molar-refractivity contribution in [1.82, 2.24) is 10.2 Å². The summed E-state index contributed by atoms with van der Waals surface area (Å²) in [4.78, 5) is 14.1. The number of nitrogens with one attached hydrogen (secondary N) is 1. The zero-order chi connectivity index (χ0) is 13.9. The second kappa shape index (κ2) is 5.94. The fraction of sp³-hybridized carbons (Fsp3) is 0.562. The maximum atomic E-state index is 12.1. The third-order valence-corrected chi connectivity index (χ3v) is 4.15. The van der Waals surface area contributed by atoms with Crippen LogP contribution in [-0.2, 0) is 9.53 Å². The number of benzene rings is 1. The number of aryl methyl sites for hydroxylation is 1. The number of hydrogen-bond donors (Lipinski definition) is 1. The van der Waals surface area contributed by atoms with E-state index in [9.17, 15) is 4.79 Å². The normalized spacial score (nSPS) is 27.1. The Bertz CT molecular complexity index is 483. The number of amides is 1. The molecule has 2 saturated heterocycles. The number of hydrogen-bond acceptors (Lipinski definition) is 3. The van der Waals surface area contributed by atoms with Crippen LogP contribution in [0.15, 0.2) is 24.3 Å². The lowest BCUT2D eigenvalue weighted by Crippen LogP contribution is -2.37. The van der Waals surface area contributed by atoms with Crippen LogP contribution in [0.1, 0.15) is 30.1 Å². The molecule has 2 aliphatic rings. The van der Waals surface area contributed by atoms with Crippen LogP contribution < -0.4 is 5.32 Å². The molecule has 2 aliphatic heterocycles. The van der Waals surface area contributed by atoms with Gasteiger partial charge < -0.3 is 9.64 Å². The first-order valence-corrected chi connectivity index (χ1v) is 7.41. The van der Waals surface area contributed by atoms with Crippen LogP contribution in [0.2, 0.25) is 0 Å². The molecule has 1 amide bonds. The lowest BCUT2D eigenvalue weighted by molar-refractivity contribution is -0.129. The zero-order valence-corrected chi connectivity index (χ0v) is 12.0. The van der Waals surface area contributed by atoms with Gasteiger partial charge in [-0.3, -0.25) is 10.1 Å². The molecule has 1 aromatic carbocycles. The first-order chi connectivity index (χ1) is 9.74. The highest BCUT2D eigenvalue weighted by molar-refractivity contribution is 5.81. The van der Waals surface area contributed by atoms with Crippen LogP contribution in [0.5, 0.6) is 0 Å². The van der Waals surface area contributed by atoms with Gasteiger partial charge in [0.2, 0.25) is 5.91 Å². The molecule has 2 heterocycles. The van der Waals surface area contributed by atoms with Gasteiger partial charge in [0, 0.05) is 19.1 Å². The van der Waals surface area contributed by atoms with E-state index in [1.807, 2.05) is 4.90 Å². The van der Waals surface area contributed by atoms with Gasteiger partial charge in [-0.05, 0) is 25.3 Å². The van der Waals surface area contributed by atoms with Crippen LogP contribution in [0.25, 0.3) is 0 Å². The number of carbonyl (C=O) groups is 1. The smallest absolute Gasteiger partial charge is 0.238 e. The van der Waals surface area contributed by atoms with Gasteiger partial charge in [0.1, 0.15) is 6.17 Å². The van der Waals surface area contributed by atoms with Gasteiger partial charge in [0.15, 0.2) is 0 Å². The molecule has 1 N–H and O–H groups in total. The van der Waals surface area contributed by atoms with Crippen LogP contribution >= 0.6 is 0 Å². The molecule has 0 saturated carbocycles. The summed E-state index contributed by atoms with van der Waals surface area (Å²) in [5.74, 6) is 0.669. The van der Waals surface area contributed by atoms with Gasteiger partial charge in [-0.25, -0.2) is 0 Å². The van der Waals surface area contributed by atoms with Crippen molar-refractivity contribution in [3.8, 4) is 0 Å². The largest absolute Gasteiger partial charge is 0.381 e. The Morgan fingerprint density at radius 2 is 2.35 bits per heavy atom. The van der Waals surface area contributed by atoms with Crippen molar-refractivity contribution in [1.29, 1.82) is 0 Å². The molecule has 0 spiro atoms. The van der Waals surface area contributed by atoms with Crippen molar-refractivity contribution >= 4 is 5.91 Å². The van der Waals surface area contributed by atoms with E-state index in [0.717, 1.165) is 32.6 Å². The molecule has 2 fully saturated rings. The molecular formula is C16H22N2O2. The van der Waals surface area contributed by atoms with Crippen LogP contribution in [0.4, 0.5) is 0 Å². The second-order valence-corrected chi connectivity index (χ2v) is 5.83. The molecule has 2 atom stereocenters. The Morgan fingerprint density at radius 3 is 3.10 bits per heavy atom. The molecule has 1 aromatic rings. The van der Waals surface area contributed by atoms with Gasteiger partial charge in [-0.15, -0.1) is 0 Å². The maximum absolute atomic E-state index is 12.1. The molecule has 4 heteroatoms. The second-order valence-electron chi connectivity index (χ2n) is 5.83. The molecule has 0 aliphatic carbocycles. The molecular weight excluding hydrogens is 252 g/mol. The summed E-state index contributed by atoms with van der Waals surface area (Å²) in [6, 6.07) is 8.38. The van der Waals surface area contributed by atoms with E-state index < -0.39 is 0 Å². The van der Waals surface area contributed by atoms with Crippen molar-refractivity contribution < 1.29 is 9.53 Å². The molecule has 4 nitrogen and oxygen atoms in total. The SMILES string of the molecule is Cc1cccc(C2NCC(=O)N2CC2CCCOC2)c1. The van der Waals surface area contributed by atoms with Gasteiger partial charge in [-0.1, -0.05) is 29.8 Å². The summed E-state index contributed by atoms with van der Waals surface area (Å²) in [5.41, 5.74) is 2.40. The monoisotopic (exact) mass is 274 g/mol. The van der Waals surface area contributed by atoms with E-state index in [1.54, 1.807) is 0 Å². The highest BCUT2D eigenvalue weighted by Crippen LogP contribution is 2.26. The third kappa shape index (κ3) is 2.86. The average molecular weight is 274 g/mol. The lowest BCUT2D eigenvalue weighted by Gasteiger charge is -2.31. The Balaban J connectivity index is 1.74. The highest BCUT2D eigenvalue weighted by Gasteiger charge is 2.33. The minimum atomic E-state index is 0.0179. The summed E-state index contributed by atoms with van der Waals surface area (Å²) in [7, 11) is 0. The Morgan fingerprint density at radius 1 is 1.45 bits per heavy atom. The number of carbonyl (C=O) groups excluding carboxylic acids is 1. The molecule has 0 bridgehead atoms. The Labute approximate surface area is 120 Å². The van der Waals surface area contributed by atoms with E-state index >= 15 is 0 Å². The first-order valence-electron chi connectivity index (χ1n) is 7.41. The zero-order valence-electron chi connectivity index (χ0n) is 12.0. The van der Waals surface area contributed by atoms with E-state index in [2.05, 4.69) is 36.5 Å². The van der Waals surface area contributed by atoms with E-state index in [4.69, 9.17) is 4.74 Å². The summed E-state index contributed by atoms with van der Waals surface area (Å²) < 4.78 is 5.53. The fourth-order valence-electron chi connectivity index (χ4n) is 3.11. The van der Waals surface area contributed by atoms with E-state index in [0.29, 0.717) is 12.5 Å². The topological polar surface area (TPSA) is 41.6 Å². The quantitative estimate of drug-likeness (QED) is 0.914. The van der Waals surface area contributed by atoms with E-state index in [-0.39, 0.29) is 12.1 Å².